The topological polar surface area (TPSA) is 49.7 Å². The van der Waals surface area contributed by atoms with Crippen molar-refractivity contribution in [3.8, 4) is 5.75 Å². The van der Waals surface area contributed by atoms with Crippen molar-refractivity contribution in [3.63, 3.8) is 0 Å². The van der Waals surface area contributed by atoms with E-state index in [1.165, 1.54) is 0 Å². The van der Waals surface area contributed by atoms with Gasteiger partial charge >= 0.3 is 0 Å². The van der Waals surface area contributed by atoms with Crippen LogP contribution in [-0.4, -0.2) is 16.3 Å². The Morgan fingerprint density at radius 2 is 2.27 bits per heavy atom. The van der Waals surface area contributed by atoms with Crippen LogP contribution in [0.3, 0.4) is 0 Å². The lowest BCUT2D eigenvalue weighted by atomic mass is 10.0. The SMILES string of the molecule is C=C(C)[C@H]1Oc2ccc(CO)cc2[C@H]1O. The first-order valence-electron chi connectivity index (χ1n) is 4.87. The van der Waals surface area contributed by atoms with E-state index >= 15 is 0 Å². The monoisotopic (exact) mass is 206 g/mol. The zero-order valence-electron chi connectivity index (χ0n) is 8.60. The highest BCUT2D eigenvalue weighted by molar-refractivity contribution is 5.44. The molecular weight excluding hydrogens is 192 g/mol. The summed E-state index contributed by atoms with van der Waals surface area (Å²) in [5, 5.41) is 19.0. The molecule has 15 heavy (non-hydrogen) atoms. The van der Waals surface area contributed by atoms with Crippen molar-refractivity contribution in [1.82, 2.24) is 0 Å². The van der Waals surface area contributed by atoms with Crippen molar-refractivity contribution in [2.24, 2.45) is 0 Å². The Labute approximate surface area is 88.6 Å². The van der Waals surface area contributed by atoms with Gasteiger partial charge in [0.05, 0.1) is 6.61 Å². The summed E-state index contributed by atoms with van der Waals surface area (Å²) in [5.74, 6) is 0.674. The van der Waals surface area contributed by atoms with Crippen LogP contribution in [-0.2, 0) is 6.61 Å². The summed E-state index contributed by atoms with van der Waals surface area (Å²) in [7, 11) is 0. The van der Waals surface area contributed by atoms with Crippen molar-refractivity contribution >= 4 is 0 Å². The second kappa shape index (κ2) is 3.68. The first-order valence-corrected chi connectivity index (χ1v) is 4.87. The van der Waals surface area contributed by atoms with Crippen LogP contribution in [0.2, 0.25) is 0 Å². The summed E-state index contributed by atoms with van der Waals surface area (Å²) in [6, 6.07) is 5.32. The Bertz CT molecular complexity index is 398. The Morgan fingerprint density at radius 1 is 1.53 bits per heavy atom. The lowest BCUT2D eigenvalue weighted by Crippen LogP contribution is -2.19. The molecule has 3 heteroatoms. The maximum absolute atomic E-state index is 9.96. The maximum atomic E-state index is 9.96. The summed E-state index contributed by atoms with van der Waals surface area (Å²) in [5.41, 5.74) is 2.30. The van der Waals surface area contributed by atoms with Gasteiger partial charge < -0.3 is 14.9 Å². The van der Waals surface area contributed by atoms with Crippen LogP contribution in [0.1, 0.15) is 24.2 Å². The Balaban J connectivity index is 2.37. The molecule has 0 aliphatic carbocycles. The number of rotatable bonds is 2. The molecule has 1 aliphatic heterocycles. The second-order valence-electron chi connectivity index (χ2n) is 3.86. The molecule has 3 nitrogen and oxygen atoms in total. The van der Waals surface area contributed by atoms with E-state index in [2.05, 4.69) is 6.58 Å². The van der Waals surface area contributed by atoms with Crippen molar-refractivity contribution in [2.75, 3.05) is 0 Å². The first-order chi connectivity index (χ1) is 7.13. The summed E-state index contributed by atoms with van der Waals surface area (Å²) in [4.78, 5) is 0. The Morgan fingerprint density at radius 3 is 2.87 bits per heavy atom. The number of hydrogen-bond acceptors (Lipinski definition) is 3. The van der Waals surface area contributed by atoms with Gasteiger partial charge in [0.15, 0.2) is 0 Å². The largest absolute Gasteiger partial charge is 0.483 e. The minimum absolute atomic E-state index is 0.0300. The van der Waals surface area contributed by atoms with E-state index in [0.717, 1.165) is 16.7 Å². The smallest absolute Gasteiger partial charge is 0.149 e. The number of aliphatic hydroxyl groups excluding tert-OH is 2. The fourth-order valence-corrected chi connectivity index (χ4v) is 1.77. The predicted molar refractivity (Wildman–Crippen MR) is 56.6 cm³/mol. The highest BCUT2D eigenvalue weighted by atomic mass is 16.5. The molecule has 0 saturated heterocycles. The number of ether oxygens (including phenoxy) is 1. The summed E-state index contributed by atoms with van der Waals surface area (Å²) >= 11 is 0. The quantitative estimate of drug-likeness (QED) is 0.722. The van der Waals surface area contributed by atoms with Gasteiger partial charge in [-0.05, 0) is 30.2 Å². The average Bonchev–Trinajstić information content (AvgIpc) is 2.56. The lowest BCUT2D eigenvalue weighted by molar-refractivity contribution is 0.0901. The molecule has 0 aromatic heterocycles. The summed E-state index contributed by atoms with van der Waals surface area (Å²) < 4.78 is 5.55. The molecule has 1 aromatic carbocycles. The van der Waals surface area contributed by atoms with Gasteiger partial charge in [-0.3, -0.25) is 0 Å². The Kier molecular flexibility index (Phi) is 2.50. The number of aliphatic hydroxyl groups is 2. The second-order valence-corrected chi connectivity index (χ2v) is 3.86. The van der Waals surface area contributed by atoms with Crippen LogP contribution in [0.15, 0.2) is 30.4 Å². The minimum Gasteiger partial charge on any atom is -0.483 e. The van der Waals surface area contributed by atoms with Gasteiger partial charge in [0, 0.05) is 5.56 Å². The third-order valence-electron chi connectivity index (χ3n) is 2.60. The third-order valence-corrected chi connectivity index (χ3v) is 2.60. The van der Waals surface area contributed by atoms with Gasteiger partial charge in [0.1, 0.15) is 18.0 Å². The third kappa shape index (κ3) is 1.64. The molecule has 0 amide bonds. The van der Waals surface area contributed by atoms with Gasteiger partial charge in [0.25, 0.3) is 0 Å². The molecule has 80 valence electrons. The molecule has 2 atom stereocenters. The van der Waals surface area contributed by atoms with Gasteiger partial charge in [-0.25, -0.2) is 0 Å². The van der Waals surface area contributed by atoms with Gasteiger partial charge in [0.2, 0.25) is 0 Å². The van der Waals surface area contributed by atoms with Crippen molar-refractivity contribution in [3.05, 3.63) is 41.5 Å². The van der Waals surface area contributed by atoms with Crippen LogP contribution in [0.25, 0.3) is 0 Å². The highest BCUT2D eigenvalue weighted by Gasteiger charge is 2.33. The molecule has 2 N–H and O–H groups in total. The fourth-order valence-electron chi connectivity index (χ4n) is 1.77. The first kappa shape index (κ1) is 10.2. The molecule has 1 aromatic rings. The van der Waals surface area contributed by atoms with E-state index in [4.69, 9.17) is 9.84 Å². The predicted octanol–water partition coefficient (Wildman–Crippen LogP) is 1.55. The molecule has 1 heterocycles. The van der Waals surface area contributed by atoms with Crippen molar-refractivity contribution in [2.45, 2.75) is 25.7 Å². The molecular formula is C12H14O3. The summed E-state index contributed by atoms with van der Waals surface area (Å²) in [6.45, 7) is 5.57. The molecule has 0 bridgehead atoms. The van der Waals surface area contributed by atoms with Crippen molar-refractivity contribution in [1.29, 1.82) is 0 Å². The zero-order chi connectivity index (χ0) is 11.0. The average molecular weight is 206 g/mol. The fraction of sp³-hybridized carbons (Fsp3) is 0.333. The molecule has 2 rings (SSSR count). The molecule has 0 radical (unpaired) electrons. The van der Waals surface area contributed by atoms with Crippen LogP contribution in [0.5, 0.6) is 5.75 Å². The normalized spacial score (nSPS) is 23.4. The van der Waals surface area contributed by atoms with Crippen molar-refractivity contribution < 1.29 is 14.9 Å². The lowest BCUT2D eigenvalue weighted by Gasteiger charge is -2.13. The molecule has 0 fully saturated rings. The van der Waals surface area contributed by atoms with E-state index in [9.17, 15) is 5.11 Å². The van der Waals surface area contributed by atoms with E-state index in [-0.39, 0.29) is 12.7 Å². The van der Waals surface area contributed by atoms with Crippen LogP contribution < -0.4 is 4.74 Å². The van der Waals surface area contributed by atoms with E-state index in [1.54, 1.807) is 18.2 Å². The molecule has 1 aliphatic rings. The number of hydrogen-bond donors (Lipinski definition) is 2. The van der Waals surface area contributed by atoms with Crippen LogP contribution in [0, 0.1) is 0 Å². The molecule has 0 unspecified atom stereocenters. The minimum atomic E-state index is -0.677. The van der Waals surface area contributed by atoms with Crippen LogP contribution in [0.4, 0.5) is 0 Å². The molecule has 0 spiro atoms. The van der Waals surface area contributed by atoms with E-state index < -0.39 is 6.10 Å². The van der Waals surface area contributed by atoms with Crippen LogP contribution >= 0.6 is 0 Å². The van der Waals surface area contributed by atoms with Gasteiger partial charge in [-0.1, -0.05) is 12.6 Å². The number of fused-ring (bicyclic) bond motifs is 1. The van der Waals surface area contributed by atoms with E-state index in [1.807, 2.05) is 6.92 Å². The zero-order valence-corrected chi connectivity index (χ0v) is 8.60. The number of benzene rings is 1. The Hall–Kier alpha value is -1.32. The van der Waals surface area contributed by atoms with Gasteiger partial charge in [-0.15, -0.1) is 0 Å². The highest BCUT2D eigenvalue weighted by Crippen LogP contribution is 2.39. The standard InChI is InChI=1S/C12H14O3/c1-7(2)12-11(14)9-5-8(6-13)3-4-10(9)15-12/h3-5,11-14H,1,6H2,2H3/t11-,12-/m1/s1. The maximum Gasteiger partial charge on any atom is 0.149 e. The summed E-state index contributed by atoms with van der Waals surface area (Å²) in [6.07, 6.45) is -1.04. The molecule has 0 saturated carbocycles. The van der Waals surface area contributed by atoms with Gasteiger partial charge in [-0.2, -0.15) is 0 Å². The van der Waals surface area contributed by atoms with E-state index in [0.29, 0.717) is 5.75 Å².